The van der Waals surface area contributed by atoms with E-state index in [-0.39, 0.29) is 0 Å². The molecule has 0 radical (unpaired) electrons. The lowest BCUT2D eigenvalue weighted by Gasteiger charge is -2.07. The molecule has 0 N–H and O–H groups in total. The van der Waals surface area contributed by atoms with Crippen LogP contribution in [0.25, 0.3) is 21.9 Å². The molecule has 0 aromatic heterocycles. The van der Waals surface area contributed by atoms with Gasteiger partial charge in [-0.1, -0.05) is 43.7 Å². The smallest absolute Gasteiger partial charge is 0.194 e. The highest BCUT2D eigenvalue weighted by molar-refractivity contribution is 5.87. The maximum atomic E-state index is 13.4. The van der Waals surface area contributed by atoms with E-state index in [2.05, 4.69) is 19.1 Å². The summed E-state index contributed by atoms with van der Waals surface area (Å²) < 4.78 is 39.8. The van der Waals surface area contributed by atoms with Gasteiger partial charge in [0.1, 0.15) is 0 Å². The number of hydrogen-bond acceptors (Lipinski definition) is 0. The van der Waals surface area contributed by atoms with Crippen LogP contribution in [0.1, 0.15) is 18.9 Å². The molecule has 3 aromatic rings. The Morgan fingerprint density at radius 1 is 0.727 bits per heavy atom. The molecular weight excluding hydrogens is 285 g/mol. The molecule has 0 nitrogen and oxygen atoms in total. The van der Waals surface area contributed by atoms with Crippen molar-refractivity contribution in [3.63, 3.8) is 0 Å². The maximum Gasteiger partial charge on any atom is 0.194 e. The van der Waals surface area contributed by atoms with Crippen LogP contribution in [0.3, 0.4) is 0 Å². The van der Waals surface area contributed by atoms with Crippen molar-refractivity contribution in [2.45, 2.75) is 19.8 Å². The van der Waals surface area contributed by atoms with E-state index in [0.717, 1.165) is 35.7 Å². The van der Waals surface area contributed by atoms with Crippen molar-refractivity contribution in [2.75, 3.05) is 0 Å². The van der Waals surface area contributed by atoms with Crippen LogP contribution >= 0.6 is 0 Å². The van der Waals surface area contributed by atoms with Crippen LogP contribution in [0.2, 0.25) is 0 Å². The van der Waals surface area contributed by atoms with Crippen LogP contribution in [-0.2, 0) is 6.42 Å². The van der Waals surface area contributed by atoms with Crippen LogP contribution in [-0.4, -0.2) is 0 Å². The lowest BCUT2D eigenvalue weighted by molar-refractivity contribution is 0.448. The van der Waals surface area contributed by atoms with E-state index >= 15 is 0 Å². The third-order valence-electron chi connectivity index (χ3n) is 3.76. The van der Waals surface area contributed by atoms with Crippen molar-refractivity contribution in [3.05, 3.63) is 71.5 Å². The normalized spacial score (nSPS) is 11.1. The van der Waals surface area contributed by atoms with E-state index in [1.165, 1.54) is 5.56 Å². The Bertz CT molecular complexity index is 814. The summed E-state index contributed by atoms with van der Waals surface area (Å²) in [6.07, 6.45) is 2.10. The summed E-state index contributed by atoms with van der Waals surface area (Å²) in [6.45, 7) is 2.13. The van der Waals surface area contributed by atoms with Crippen molar-refractivity contribution < 1.29 is 13.2 Å². The van der Waals surface area contributed by atoms with Gasteiger partial charge in [-0.15, -0.1) is 0 Å². The molecule has 0 spiro atoms. The first-order valence-corrected chi connectivity index (χ1v) is 7.26. The first-order chi connectivity index (χ1) is 10.6. The maximum absolute atomic E-state index is 13.4. The Morgan fingerprint density at radius 2 is 1.36 bits per heavy atom. The number of fused-ring (bicyclic) bond motifs is 1. The minimum Gasteiger partial charge on any atom is -0.204 e. The SMILES string of the molecule is CCCc1ccc2cc(-c3cc(F)c(F)c(F)c3)ccc2c1. The zero-order chi connectivity index (χ0) is 15.7. The molecule has 0 aliphatic carbocycles. The highest BCUT2D eigenvalue weighted by Crippen LogP contribution is 2.27. The fourth-order valence-corrected chi connectivity index (χ4v) is 2.64. The first kappa shape index (κ1) is 14.6. The Labute approximate surface area is 127 Å². The zero-order valence-electron chi connectivity index (χ0n) is 12.2. The van der Waals surface area contributed by atoms with Crippen LogP contribution in [0.5, 0.6) is 0 Å². The predicted octanol–water partition coefficient (Wildman–Crippen LogP) is 5.88. The predicted molar refractivity (Wildman–Crippen MR) is 83.3 cm³/mol. The lowest BCUT2D eigenvalue weighted by atomic mass is 9.99. The Balaban J connectivity index is 2.07. The zero-order valence-corrected chi connectivity index (χ0v) is 12.2. The minimum absolute atomic E-state index is 0.330. The van der Waals surface area contributed by atoms with Crippen LogP contribution < -0.4 is 0 Å². The monoisotopic (exact) mass is 300 g/mol. The fourth-order valence-electron chi connectivity index (χ4n) is 2.64. The largest absolute Gasteiger partial charge is 0.204 e. The molecule has 3 aromatic carbocycles. The summed E-state index contributed by atoms with van der Waals surface area (Å²) in [5.41, 5.74) is 2.26. The second-order valence-electron chi connectivity index (χ2n) is 5.40. The molecule has 0 unspecified atom stereocenters. The second kappa shape index (κ2) is 5.84. The van der Waals surface area contributed by atoms with E-state index in [1.807, 2.05) is 18.2 Å². The van der Waals surface area contributed by atoms with Crippen molar-refractivity contribution in [1.29, 1.82) is 0 Å². The summed E-state index contributed by atoms with van der Waals surface area (Å²) in [5, 5.41) is 2.07. The summed E-state index contributed by atoms with van der Waals surface area (Å²) in [7, 11) is 0. The van der Waals surface area contributed by atoms with Gasteiger partial charge in [0.25, 0.3) is 0 Å². The van der Waals surface area contributed by atoms with Gasteiger partial charge >= 0.3 is 0 Å². The lowest BCUT2D eigenvalue weighted by Crippen LogP contribution is -1.92. The molecule has 0 aliphatic rings. The molecule has 0 atom stereocenters. The molecule has 0 aliphatic heterocycles. The van der Waals surface area contributed by atoms with Gasteiger partial charge in [0, 0.05) is 0 Å². The molecule has 112 valence electrons. The van der Waals surface area contributed by atoms with Gasteiger partial charge in [-0.2, -0.15) is 0 Å². The minimum atomic E-state index is -1.44. The number of halogens is 3. The van der Waals surface area contributed by atoms with Crippen molar-refractivity contribution in [2.24, 2.45) is 0 Å². The molecule has 0 heterocycles. The third kappa shape index (κ3) is 2.71. The van der Waals surface area contributed by atoms with E-state index < -0.39 is 17.5 Å². The molecule has 0 bridgehead atoms. The molecule has 22 heavy (non-hydrogen) atoms. The Morgan fingerprint density at radius 3 is 2.05 bits per heavy atom. The Kier molecular flexibility index (Phi) is 3.88. The number of rotatable bonds is 3. The van der Waals surface area contributed by atoms with Gasteiger partial charge in [0.15, 0.2) is 17.5 Å². The van der Waals surface area contributed by atoms with Gasteiger partial charge in [0.05, 0.1) is 0 Å². The molecule has 3 rings (SSSR count). The molecule has 0 saturated heterocycles. The first-order valence-electron chi connectivity index (χ1n) is 7.26. The van der Waals surface area contributed by atoms with Crippen molar-refractivity contribution >= 4 is 10.8 Å². The fraction of sp³-hybridized carbons (Fsp3) is 0.158. The molecule has 0 amide bonds. The Hall–Kier alpha value is -2.29. The van der Waals surface area contributed by atoms with E-state index in [1.54, 1.807) is 6.07 Å². The standard InChI is InChI=1S/C19H15F3/c1-2-3-12-4-5-14-9-15(7-6-13(14)8-12)16-10-17(20)19(22)18(21)11-16/h4-11H,2-3H2,1H3. The van der Waals surface area contributed by atoms with Gasteiger partial charge in [-0.3, -0.25) is 0 Å². The van der Waals surface area contributed by atoms with Gasteiger partial charge in [0.2, 0.25) is 0 Å². The second-order valence-corrected chi connectivity index (χ2v) is 5.40. The van der Waals surface area contributed by atoms with Crippen LogP contribution in [0, 0.1) is 17.5 Å². The summed E-state index contributed by atoms with van der Waals surface area (Å²) in [4.78, 5) is 0. The topological polar surface area (TPSA) is 0 Å². The van der Waals surface area contributed by atoms with Gasteiger partial charge in [-0.25, -0.2) is 13.2 Å². The quantitative estimate of drug-likeness (QED) is 0.530. The van der Waals surface area contributed by atoms with Crippen molar-refractivity contribution in [1.82, 2.24) is 0 Å². The number of benzene rings is 3. The average Bonchev–Trinajstić information content (AvgIpc) is 2.52. The summed E-state index contributed by atoms with van der Waals surface area (Å²) in [5.74, 6) is -3.78. The highest BCUT2D eigenvalue weighted by Gasteiger charge is 2.11. The molecule has 3 heteroatoms. The third-order valence-corrected chi connectivity index (χ3v) is 3.76. The molecular formula is C19H15F3. The number of hydrogen-bond donors (Lipinski definition) is 0. The van der Waals surface area contributed by atoms with E-state index in [0.29, 0.717) is 11.1 Å². The van der Waals surface area contributed by atoms with Gasteiger partial charge in [-0.05, 0) is 52.1 Å². The van der Waals surface area contributed by atoms with Crippen LogP contribution in [0.4, 0.5) is 13.2 Å². The molecule has 0 fully saturated rings. The highest BCUT2D eigenvalue weighted by atomic mass is 19.2. The van der Waals surface area contributed by atoms with E-state index in [4.69, 9.17) is 0 Å². The summed E-state index contributed by atoms with van der Waals surface area (Å²) in [6, 6.07) is 13.8. The van der Waals surface area contributed by atoms with Crippen molar-refractivity contribution in [3.8, 4) is 11.1 Å². The van der Waals surface area contributed by atoms with Crippen LogP contribution in [0.15, 0.2) is 48.5 Å². The van der Waals surface area contributed by atoms with E-state index in [9.17, 15) is 13.2 Å². The summed E-state index contributed by atoms with van der Waals surface area (Å²) >= 11 is 0. The number of aryl methyl sites for hydroxylation is 1. The van der Waals surface area contributed by atoms with Gasteiger partial charge < -0.3 is 0 Å². The average molecular weight is 300 g/mol. The molecule has 0 saturated carbocycles.